The molecule has 5 rings (SSSR count). The first-order valence-electron chi connectivity index (χ1n) is 12.4. The number of hydrogen-bond acceptors (Lipinski definition) is 6. The van der Waals surface area contributed by atoms with E-state index in [2.05, 4.69) is 24.5 Å². The number of ether oxygens (including phenoxy) is 1. The second-order valence-corrected chi connectivity index (χ2v) is 10.3. The molecule has 0 bridgehead atoms. The molecule has 3 aromatic carbocycles. The van der Waals surface area contributed by atoms with E-state index in [9.17, 15) is 14.9 Å². The number of rotatable bonds is 6. The van der Waals surface area contributed by atoms with Gasteiger partial charge in [0.05, 0.1) is 28.9 Å². The Labute approximate surface area is 220 Å². The lowest BCUT2D eigenvalue weighted by atomic mass is 9.78. The Morgan fingerprint density at radius 3 is 2.43 bits per heavy atom. The minimum Gasteiger partial charge on any atom is -0.493 e. The van der Waals surface area contributed by atoms with Gasteiger partial charge in [0.1, 0.15) is 10.8 Å². The highest BCUT2D eigenvalue weighted by Gasteiger charge is 2.36. The normalized spacial score (nSPS) is 18.9. The van der Waals surface area contributed by atoms with Crippen LogP contribution in [0.4, 0.5) is 17.1 Å². The molecule has 1 heterocycles. The van der Waals surface area contributed by atoms with Crippen LogP contribution in [0.15, 0.2) is 78.0 Å². The van der Waals surface area contributed by atoms with Gasteiger partial charge in [-0.25, -0.2) is 0 Å². The molecule has 37 heavy (non-hydrogen) atoms. The van der Waals surface area contributed by atoms with Gasteiger partial charge in [-0.3, -0.25) is 14.9 Å². The number of nitrogens with zero attached hydrogens (tertiary/aromatic N) is 1. The molecule has 0 saturated carbocycles. The maximum absolute atomic E-state index is 13.7. The van der Waals surface area contributed by atoms with E-state index in [0.29, 0.717) is 36.5 Å². The number of nitro benzene ring substituents is 1. The molecule has 0 radical (unpaired) electrons. The van der Waals surface area contributed by atoms with Crippen molar-refractivity contribution in [3.05, 3.63) is 104 Å². The molecule has 3 aromatic rings. The van der Waals surface area contributed by atoms with Gasteiger partial charge >= 0.3 is 0 Å². The van der Waals surface area contributed by atoms with Crippen molar-refractivity contribution in [3.63, 3.8) is 0 Å². The highest BCUT2D eigenvalue weighted by Crippen LogP contribution is 2.45. The zero-order valence-corrected chi connectivity index (χ0v) is 21.4. The summed E-state index contributed by atoms with van der Waals surface area (Å²) < 4.78 is 5.82. The smallest absolute Gasteiger partial charge is 0.288 e. The number of hydrogen-bond donors (Lipinski definition) is 2. The van der Waals surface area contributed by atoms with Crippen molar-refractivity contribution in [1.82, 2.24) is 0 Å². The van der Waals surface area contributed by atoms with E-state index in [1.807, 2.05) is 48.5 Å². The van der Waals surface area contributed by atoms with E-state index < -0.39 is 11.0 Å². The molecule has 1 aliphatic carbocycles. The number of carbonyl (C=O) groups excluding carboxylic acids is 1. The number of para-hydroxylation sites is 2. The maximum atomic E-state index is 13.7. The number of nitrogens with one attached hydrogen (secondary N) is 2. The van der Waals surface area contributed by atoms with Crippen LogP contribution >= 0.6 is 11.6 Å². The average molecular weight is 518 g/mol. The Kier molecular flexibility index (Phi) is 6.89. The maximum Gasteiger partial charge on any atom is 0.288 e. The van der Waals surface area contributed by atoms with Crippen LogP contribution in [-0.2, 0) is 4.79 Å². The van der Waals surface area contributed by atoms with Gasteiger partial charge in [0, 0.05) is 23.8 Å². The van der Waals surface area contributed by atoms with Crippen LogP contribution in [0, 0.1) is 16.0 Å². The second-order valence-electron chi connectivity index (χ2n) is 9.91. The predicted molar refractivity (Wildman–Crippen MR) is 145 cm³/mol. The first kappa shape index (κ1) is 24.8. The molecule has 8 heteroatoms. The summed E-state index contributed by atoms with van der Waals surface area (Å²) in [6, 6.07) is 19.8. The summed E-state index contributed by atoms with van der Waals surface area (Å²) in [6.07, 6.45) is 0.979. The van der Waals surface area contributed by atoms with Crippen LogP contribution in [-0.4, -0.2) is 17.3 Å². The van der Waals surface area contributed by atoms with Crippen molar-refractivity contribution in [1.29, 1.82) is 0 Å². The molecule has 2 N–H and O–H groups in total. The lowest BCUT2D eigenvalue weighted by Gasteiger charge is -2.30. The van der Waals surface area contributed by atoms with E-state index in [1.54, 1.807) is 6.07 Å². The van der Waals surface area contributed by atoms with Crippen molar-refractivity contribution in [2.75, 3.05) is 17.2 Å². The van der Waals surface area contributed by atoms with Crippen molar-refractivity contribution in [3.8, 4) is 5.75 Å². The number of anilines is 2. The summed E-state index contributed by atoms with van der Waals surface area (Å²) in [4.78, 5) is 24.8. The lowest BCUT2D eigenvalue weighted by molar-refractivity contribution is -0.384. The molecule has 0 aromatic heterocycles. The summed E-state index contributed by atoms with van der Waals surface area (Å²) in [5.41, 5.74) is 4.59. The fourth-order valence-electron chi connectivity index (χ4n) is 4.93. The second kappa shape index (κ2) is 10.3. The number of fused-ring (bicyclic) bond motifs is 1. The molecule has 7 nitrogen and oxygen atoms in total. The zero-order chi connectivity index (χ0) is 26.1. The molecular weight excluding hydrogens is 490 g/mol. The molecule has 2 unspecified atom stereocenters. The zero-order valence-electron chi connectivity index (χ0n) is 20.7. The van der Waals surface area contributed by atoms with E-state index >= 15 is 0 Å². The Balaban J connectivity index is 1.51. The Morgan fingerprint density at radius 1 is 1.03 bits per heavy atom. The van der Waals surface area contributed by atoms with Crippen molar-refractivity contribution in [2.24, 2.45) is 5.92 Å². The van der Waals surface area contributed by atoms with Gasteiger partial charge in [-0.1, -0.05) is 55.8 Å². The molecule has 0 saturated heterocycles. The Hall–Kier alpha value is -3.84. The van der Waals surface area contributed by atoms with Crippen LogP contribution in [0.3, 0.4) is 0 Å². The lowest BCUT2D eigenvalue weighted by Crippen LogP contribution is -2.27. The highest BCUT2D eigenvalue weighted by atomic mass is 35.5. The van der Waals surface area contributed by atoms with E-state index in [1.165, 1.54) is 12.1 Å². The number of nitro groups is 1. The van der Waals surface area contributed by atoms with E-state index in [4.69, 9.17) is 16.3 Å². The standard InChI is InChI=1S/C29H28ClN3O4/c1-17(2)16-37-21-10-7-18(8-11-21)20-13-25-28(27(34)15-20)29(32-24-6-4-3-5-23(24)31-25)19-9-12-22(30)26(14-19)33(35)36/h3-12,14,17,20,29,31-32H,13,15-16H2,1-2H3. The summed E-state index contributed by atoms with van der Waals surface area (Å²) in [6.45, 7) is 4.86. The fourth-order valence-corrected chi connectivity index (χ4v) is 5.11. The SMILES string of the molecule is CC(C)COc1ccc(C2CC(=O)C3=C(C2)Nc2ccccc2NC3c2ccc(Cl)c([N+](=O)[O-])c2)cc1. The molecule has 0 amide bonds. The van der Waals surface area contributed by atoms with Crippen LogP contribution in [0.25, 0.3) is 0 Å². The third-order valence-corrected chi connectivity index (χ3v) is 7.06. The summed E-state index contributed by atoms with van der Waals surface area (Å²) in [5, 5.41) is 18.6. The number of Topliss-reactive ketones (excluding diaryl/α,β-unsaturated/α-hetero) is 1. The largest absolute Gasteiger partial charge is 0.493 e. The molecule has 2 aliphatic rings. The molecule has 1 aliphatic heterocycles. The van der Waals surface area contributed by atoms with Gasteiger partial charge in [0.25, 0.3) is 5.69 Å². The molecule has 2 atom stereocenters. The molecule has 0 spiro atoms. The van der Waals surface area contributed by atoms with Gasteiger partial charge in [-0.05, 0) is 59.7 Å². The fraction of sp³-hybridized carbons (Fsp3) is 0.276. The van der Waals surface area contributed by atoms with Crippen molar-refractivity contribution < 1.29 is 14.5 Å². The highest BCUT2D eigenvalue weighted by molar-refractivity contribution is 6.32. The molecule has 190 valence electrons. The van der Waals surface area contributed by atoms with Crippen LogP contribution in [0.1, 0.15) is 49.8 Å². The monoisotopic (exact) mass is 517 g/mol. The topological polar surface area (TPSA) is 93.5 Å². The van der Waals surface area contributed by atoms with Crippen LogP contribution < -0.4 is 15.4 Å². The number of allylic oxidation sites excluding steroid dienone is 1. The summed E-state index contributed by atoms with van der Waals surface area (Å²) in [7, 11) is 0. The third-order valence-electron chi connectivity index (χ3n) is 6.74. The van der Waals surface area contributed by atoms with Gasteiger partial charge in [0.2, 0.25) is 0 Å². The van der Waals surface area contributed by atoms with Gasteiger partial charge in [0.15, 0.2) is 5.78 Å². The van der Waals surface area contributed by atoms with E-state index in [-0.39, 0.29) is 22.4 Å². The summed E-state index contributed by atoms with van der Waals surface area (Å²) in [5.74, 6) is 1.26. The Morgan fingerprint density at radius 2 is 1.73 bits per heavy atom. The van der Waals surface area contributed by atoms with Crippen molar-refractivity contribution >= 4 is 34.4 Å². The first-order chi connectivity index (χ1) is 17.8. The predicted octanol–water partition coefficient (Wildman–Crippen LogP) is 7.26. The van der Waals surface area contributed by atoms with E-state index in [0.717, 1.165) is 28.4 Å². The van der Waals surface area contributed by atoms with Gasteiger partial charge < -0.3 is 15.4 Å². The number of halogens is 1. The number of ketones is 1. The Bertz CT molecular complexity index is 1380. The van der Waals surface area contributed by atoms with Gasteiger partial charge in [-0.15, -0.1) is 0 Å². The number of benzene rings is 3. The molecular formula is C29H28ClN3O4. The summed E-state index contributed by atoms with van der Waals surface area (Å²) >= 11 is 6.08. The third kappa shape index (κ3) is 5.18. The van der Waals surface area contributed by atoms with Crippen LogP contribution in [0.2, 0.25) is 5.02 Å². The molecule has 0 fully saturated rings. The van der Waals surface area contributed by atoms with Crippen molar-refractivity contribution in [2.45, 2.75) is 38.6 Å². The first-order valence-corrected chi connectivity index (χ1v) is 12.7. The van der Waals surface area contributed by atoms with Gasteiger partial charge in [-0.2, -0.15) is 0 Å². The minimum absolute atomic E-state index is 0.00166. The number of carbonyl (C=O) groups is 1. The minimum atomic E-state index is -0.553. The van der Waals surface area contributed by atoms with Crippen LogP contribution in [0.5, 0.6) is 5.75 Å². The quantitative estimate of drug-likeness (QED) is 0.264. The average Bonchev–Trinajstić information content (AvgIpc) is 3.05.